The van der Waals surface area contributed by atoms with E-state index in [2.05, 4.69) is 27.3 Å². The summed E-state index contributed by atoms with van der Waals surface area (Å²) in [7, 11) is 0. The predicted octanol–water partition coefficient (Wildman–Crippen LogP) is 4.42. The number of nitriles is 1. The fraction of sp³-hybridized carbons (Fsp3) is 0.188. The Bertz CT molecular complexity index is 662. The van der Waals surface area contributed by atoms with Crippen LogP contribution in [0.25, 0.3) is 0 Å². The maximum absolute atomic E-state index is 13.0. The van der Waals surface area contributed by atoms with E-state index >= 15 is 0 Å². The average molecular weight is 333 g/mol. The number of nitrogens with one attached hydrogen (secondary N) is 1. The molecular weight excluding hydrogens is 319 g/mol. The molecule has 2 aromatic carbocycles. The molecule has 0 aliphatic rings. The predicted molar refractivity (Wildman–Crippen MR) is 82.2 cm³/mol. The van der Waals surface area contributed by atoms with Crippen molar-refractivity contribution in [1.29, 1.82) is 5.26 Å². The Labute approximate surface area is 126 Å². The molecule has 0 bridgehead atoms. The molecule has 0 saturated carbocycles. The molecule has 20 heavy (non-hydrogen) atoms. The molecule has 0 heterocycles. The normalized spacial score (nSPS) is 10.1. The van der Waals surface area contributed by atoms with Crippen LogP contribution in [-0.4, -0.2) is 6.54 Å². The molecule has 102 valence electrons. The zero-order valence-electron chi connectivity index (χ0n) is 11.1. The lowest BCUT2D eigenvalue weighted by atomic mass is 10.1. The van der Waals surface area contributed by atoms with Gasteiger partial charge in [-0.1, -0.05) is 22.0 Å². The molecule has 4 heteroatoms. The van der Waals surface area contributed by atoms with E-state index in [1.165, 1.54) is 6.07 Å². The number of hydrogen-bond acceptors (Lipinski definition) is 2. The Morgan fingerprint density at radius 2 is 2.05 bits per heavy atom. The van der Waals surface area contributed by atoms with Crippen molar-refractivity contribution < 1.29 is 4.39 Å². The second-order valence-corrected chi connectivity index (χ2v) is 5.50. The van der Waals surface area contributed by atoms with Crippen LogP contribution in [0.2, 0.25) is 0 Å². The maximum Gasteiger partial charge on any atom is 0.123 e. The van der Waals surface area contributed by atoms with Gasteiger partial charge in [-0.2, -0.15) is 5.26 Å². The van der Waals surface area contributed by atoms with Crippen molar-refractivity contribution in [2.75, 3.05) is 11.9 Å². The van der Waals surface area contributed by atoms with Gasteiger partial charge >= 0.3 is 0 Å². The highest BCUT2D eigenvalue weighted by Crippen LogP contribution is 2.19. The zero-order valence-corrected chi connectivity index (χ0v) is 12.7. The Morgan fingerprint density at radius 3 is 2.75 bits per heavy atom. The monoisotopic (exact) mass is 332 g/mol. The van der Waals surface area contributed by atoms with Gasteiger partial charge in [0.05, 0.1) is 11.6 Å². The first-order valence-electron chi connectivity index (χ1n) is 6.28. The summed E-state index contributed by atoms with van der Waals surface area (Å²) < 4.78 is 13.9. The summed E-state index contributed by atoms with van der Waals surface area (Å²) in [5.41, 5.74) is 3.59. The Hall–Kier alpha value is -1.86. The Kier molecular flexibility index (Phi) is 4.75. The van der Waals surface area contributed by atoms with Gasteiger partial charge in [0.1, 0.15) is 5.82 Å². The van der Waals surface area contributed by atoms with Gasteiger partial charge in [0.15, 0.2) is 0 Å². The number of benzene rings is 2. The Balaban J connectivity index is 1.99. The molecular formula is C16H14BrFN2. The summed E-state index contributed by atoms with van der Waals surface area (Å²) >= 11 is 3.38. The van der Waals surface area contributed by atoms with Crippen LogP contribution < -0.4 is 5.32 Å². The fourth-order valence-electron chi connectivity index (χ4n) is 2.04. The van der Waals surface area contributed by atoms with Crippen LogP contribution in [0.5, 0.6) is 0 Å². The molecule has 1 N–H and O–H groups in total. The molecule has 0 unspecified atom stereocenters. The smallest absolute Gasteiger partial charge is 0.123 e. The van der Waals surface area contributed by atoms with E-state index in [0.29, 0.717) is 5.56 Å². The summed E-state index contributed by atoms with van der Waals surface area (Å²) in [4.78, 5) is 0. The lowest BCUT2D eigenvalue weighted by molar-refractivity contribution is 0.625. The number of aryl methyl sites for hydroxylation is 1. The molecule has 2 nitrogen and oxygen atoms in total. The molecule has 0 radical (unpaired) electrons. The fourth-order valence-corrected chi connectivity index (χ4v) is 2.53. The van der Waals surface area contributed by atoms with Crippen LogP contribution in [0.4, 0.5) is 10.1 Å². The largest absolute Gasteiger partial charge is 0.385 e. The van der Waals surface area contributed by atoms with E-state index in [-0.39, 0.29) is 5.82 Å². The first-order valence-corrected chi connectivity index (χ1v) is 7.07. The van der Waals surface area contributed by atoms with Crippen LogP contribution in [-0.2, 0) is 6.42 Å². The number of halogens is 2. The van der Waals surface area contributed by atoms with Gasteiger partial charge in [-0.3, -0.25) is 0 Å². The highest BCUT2D eigenvalue weighted by Gasteiger charge is 2.02. The Morgan fingerprint density at radius 1 is 1.25 bits per heavy atom. The van der Waals surface area contributed by atoms with Crippen molar-refractivity contribution >= 4 is 21.6 Å². The summed E-state index contributed by atoms with van der Waals surface area (Å²) in [5.74, 6) is -0.204. The van der Waals surface area contributed by atoms with Crippen LogP contribution >= 0.6 is 15.9 Å². The van der Waals surface area contributed by atoms with Crippen molar-refractivity contribution in [3.8, 4) is 6.07 Å². The molecule has 0 amide bonds. The van der Waals surface area contributed by atoms with E-state index < -0.39 is 0 Å². The van der Waals surface area contributed by atoms with Crippen LogP contribution in [0.15, 0.2) is 40.9 Å². The molecule has 0 fully saturated rings. The third-order valence-electron chi connectivity index (χ3n) is 3.05. The lowest BCUT2D eigenvalue weighted by Gasteiger charge is -2.09. The van der Waals surface area contributed by atoms with Gasteiger partial charge in [-0.15, -0.1) is 0 Å². The van der Waals surface area contributed by atoms with E-state index in [1.807, 2.05) is 25.1 Å². The van der Waals surface area contributed by atoms with E-state index in [0.717, 1.165) is 34.3 Å². The standard InChI is InChI=1S/C16H14BrFN2/c1-11-6-15(18)3-2-13(11)4-5-20-16-8-12(10-19)7-14(17)9-16/h2-3,6-9,20H,4-5H2,1H3. The minimum atomic E-state index is -0.204. The summed E-state index contributed by atoms with van der Waals surface area (Å²) in [6, 6.07) is 12.5. The number of rotatable bonds is 4. The van der Waals surface area contributed by atoms with Crippen molar-refractivity contribution in [2.45, 2.75) is 13.3 Å². The van der Waals surface area contributed by atoms with Gasteiger partial charge < -0.3 is 5.32 Å². The van der Waals surface area contributed by atoms with Crippen LogP contribution in [0, 0.1) is 24.1 Å². The summed E-state index contributed by atoms with van der Waals surface area (Å²) in [6.07, 6.45) is 0.806. The molecule has 0 aliphatic carbocycles. The van der Waals surface area contributed by atoms with Crippen molar-refractivity contribution in [2.24, 2.45) is 0 Å². The molecule has 2 aromatic rings. The zero-order chi connectivity index (χ0) is 14.5. The molecule has 0 spiro atoms. The summed E-state index contributed by atoms with van der Waals surface area (Å²) in [6.45, 7) is 2.64. The second kappa shape index (κ2) is 6.53. The van der Waals surface area contributed by atoms with E-state index in [9.17, 15) is 4.39 Å². The lowest BCUT2D eigenvalue weighted by Crippen LogP contribution is -2.06. The highest BCUT2D eigenvalue weighted by molar-refractivity contribution is 9.10. The molecule has 0 aromatic heterocycles. The van der Waals surface area contributed by atoms with Crippen LogP contribution in [0.3, 0.4) is 0 Å². The number of nitrogens with zero attached hydrogens (tertiary/aromatic N) is 1. The minimum absolute atomic E-state index is 0.204. The second-order valence-electron chi connectivity index (χ2n) is 4.59. The number of hydrogen-bond donors (Lipinski definition) is 1. The number of anilines is 1. The SMILES string of the molecule is Cc1cc(F)ccc1CCNc1cc(Br)cc(C#N)c1. The third kappa shape index (κ3) is 3.82. The van der Waals surface area contributed by atoms with Crippen molar-refractivity contribution in [3.63, 3.8) is 0 Å². The minimum Gasteiger partial charge on any atom is -0.385 e. The first-order chi connectivity index (χ1) is 9.58. The average Bonchev–Trinajstić information content (AvgIpc) is 2.40. The van der Waals surface area contributed by atoms with E-state index in [4.69, 9.17) is 5.26 Å². The topological polar surface area (TPSA) is 35.8 Å². The highest BCUT2D eigenvalue weighted by atomic mass is 79.9. The first kappa shape index (κ1) is 14.5. The van der Waals surface area contributed by atoms with Crippen molar-refractivity contribution in [3.05, 3.63) is 63.4 Å². The van der Waals surface area contributed by atoms with Gasteiger partial charge in [0.2, 0.25) is 0 Å². The van der Waals surface area contributed by atoms with Gasteiger partial charge in [0, 0.05) is 16.7 Å². The molecule has 2 rings (SSSR count). The molecule has 0 saturated heterocycles. The van der Waals surface area contributed by atoms with Gasteiger partial charge in [0.25, 0.3) is 0 Å². The van der Waals surface area contributed by atoms with Crippen LogP contribution in [0.1, 0.15) is 16.7 Å². The van der Waals surface area contributed by atoms with E-state index in [1.54, 1.807) is 12.1 Å². The summed E-state index contributed by atoms with van der Waals surface area (Å²) in [5, 5.41) is 12.2. The van der Waals surface area contributed by atoms with Crippen molar-refractivity contribution in [1.82, 2.24) is 0 Å². The maximum atomic E-state index is 13.0. The van der Waals surface area contributed by atoms with Gasteiger partial charge in [-0.25, -0.2) is 4.39 Å². The van der Waals surface area contributed by atoms with Gasteiger partial charge in [-0.05, 0) is 54.8 Å². The third-order valence-corrected chi connectivity index (χ3v) is 3.51. The molecule has 0 aliphatic heterocycles. The molecule has 0 atom stereocenters. The quantitative estimate of drug-likeness (QED) is 0.899.